The second-order valence-electron chi connectivity index (χ2n) is 5.44. The van der Waals surface area contributed by atoms with Crippen molar-refractivity contribution in [1.29, 1.82) is 0 Å². The van der Waals surface area contributed by atoms with Gasteiger partial charge in [0, 0.05) is 23.1 Å². The minimum absolute atomic E-state index is 0.0695. The molecule has 0 atom stereocenters. The van der Waals surface area contributed by atoms with Crippen molar-refractivity contribution in [2.45, 2.75) is 25.3 Å². The molecule has 0 aliphatic carbocycles. The van der Waals surface area contributed by atoms with Gasteiger partial charge < -0.3 is 4.57 Å². The van der Waals surface area contributed by atoms with Gasteiger partial charge in [0.05, 0.1) is 4.90 Å². The number of fused-ring (bicyclic) bond motifs is 1. The zero-order valence-corrected chi connectivity index (χ0v) is 13.3. The van der Waals surface area contributed by atoms with Crippen LogP contribution in [0.2, 0.25) is 0 Å². The second-order valence-corrected chi connectivity index (χ2v) is 6.86. The van der Waals surface area contributed by atoms with Gasteiger partial charge in [-0.1, -0.05) is 30.3 Å². The largest absolute Gasteiger partial charge is 0.340 e. The van der Waals surface area contributed by atoms with Gasteiger partial charge in [0.25, 0.3) is 10.1 Å². The molecule has 22 heavy (non-hydrogen) atoms. The van der Waals surface area contributed by atoms with E-state index >= 15 is 0 Å². The molecule has 4 nitrogen and oxygen atoms in total. The zero-order valence-electron chi connectivity index (χ0n) is 12.4. The predicted octanol–water partition coefficient (Wildman–Crippen LogP) is 3.55. The van der Waals surface area contributed by atoms with Gasteiger partial charge in [-0.25, -0.2) is 0 Å². The molecule has 0 bridgehead atoms. The number of nitrogens with zero attached hydrogens (tertiary/aromatic N) is 1. The summed E-state index contributed by atoms with van der Waals surface area (Å²) in [6.07, 6.45) is 0. The molecule has 0 spiro atoms. The van der Waals surface area contributed by atoms with Crippen molar-refractivity contribution in [2.24, 2.45) is 0 Å². The van der Waals surface area contributed by atoms with E-state index in [9.17, 15) is 13.0 Å². The van der Waals surface area contributed by atoms with Gasteiger partial charge >= 0.3 is 0 Å². The van der Waals surface area contributed by atoms with E-state index in [1.54, 1.807) is 6.07 Å². The van der Waals surface area contributed by atoms with E-state index in [2.05, 4.69) is 16.7 Å². The molecule has 2 aromatic carbocycles. The molecule has 0 fully saturated rings. The van der Waals surface area contributed by atoms with Crippen LogP contribution in [0.15, 0.2) is 53.4 Å². The SMILES string of the molecule is Cc1c(C)n(Cc2ccccc2)c2ccc(S(=O)(=O)O)cc12. The maximum absolute atomic E-state index is 11.3. The zero-order chi connectivity index (χ0) is 15.9. The number of benzene rings is 2. The summed E-state index contributed by atoms with van der Waals surface area (Å²) >= 11 is 0. The normalized spacial score (nSPS) is 12.0. The molecule has 5 heteroatoms. The van der Waals surface area contributed by atoms with Crippen molar-refractivity contribution in [1.82, 2.24) is 4.57 Å². The molecule has 0 unspecified atom stereocenters. The molecule has 114 valence electrons. The maximum Gasteiger partial charge on any atom is 0.294 e. The first kappa shape index (κ1) is 14.8. The summed E-state index contributed by atoms with van der Waals surface area (Å²) in [4.78, 5) is -0.0695. The van der Waals surface area contributed by atoms with Gasteiger partial charge in [-0.05, 0) is 43.2 Å². The molecule has 0 aliphatic heterocycles. The predicted molar refractivity (Wildman–Crippen MR) is 86.8 cm³/mol. The lowest BCUT2D eigenvalue weighted by Crippen LogP contribution is -2.02. The Hall–Kier alpha value is -2.11. The van der Waals surface area contributed by atoms with Crippen LogP contribution in [0.5, 0.6) is 0 Å². The van der Waals surface area contributed by atoms with Gasteiger partial charge in [-0.2, -0.15) is 8.42 Å². The van der Waals surface area contributed by atoms with Gasteiger partial charge in [-0.3, -0.25) is 4.55 Å². The average Bonchev–Trinajstić information content (AvgIpc) is 2.72. The minimum Gasteiger partial charge on any atom is -0.340 e. The summed E-state index contributed by atoms with van der Waals surface area (Å²) in [6, 6.07) is 14.8. The van der Waals surface area contributed by atoms with E-state index in [1.165, 1.54) is 17.7 Å². The molecule has 1 heterocycles. The monoisotopic (exact) mass is 315 g/mol. The lowest BCUT2D eigenvalue weighted by Gasteiger charge is -2.09. The smallest absolute Gasteiger partial charge is 0.294 e. The molecule has 0 aliphatic rings. The molecule has 0 amide bonds. The number of hydrogen-bond acceptors (Lipinski definition) is 2. The second kappa shape index (κ2) is 5.26. The fraction of sp³-hybridized carbons (Fsp3) is 0.176. The van der Waals surface area contributed by atoms with Crippen LogP contribution < -0.4 is 0 Å². The average molecular weight is 315 g/mol. The Kier molecular flexibility index (Phi) is 3.54. The summed E-state index contributed by atoms with van der Waals surface area (Å²) < 4.78 is 34.0. The van der Waals surface area contributed by atoms with Crippen LogP contribution >= 0.6 is 0 Å². The molecule has 0 radical (unpaired) electrons. The van der Waals surface area contributed by atoms with Crippen molar-refractivity contribution in [3.8, 4) is 0 Å². The third-order valence-electron chi connectivity index (χ3n) is 4.09. The van der Waals surface area contributed by atoms with Crippen molar-refractivity contribution in [3.05, 3.63) is 65.4 Å². The molecule has 1 aromatic heterocycles. The summed E-state index contributed by atoms with van der Waals surface area (Å²) in [5.74, 6) is 0. The maximum atomic E-state index is 11.3. The quantitative estimate of drug-likeness (QED) is 0.752. The Morgan fingerprint density at radius 1 is 1.05 bits per heavy atom. The van der Waals surface area contributed by atoms with Crippen LogP contribution in [0, 0.1) is 13.8 Å². The first-order valence-electron chi connectivity index (χ1n) is 6.99. The first-order chi connectivity index (χ1) is 10.4. The number of aryl methyl sites for hydroxylation is 1. The lowest BCUT2D eigenvalue weighted by atomic mass is 10.1. The van der Waals surface area contributed by atoms with Crippen LogP contribution in [0.25, 0.3) is 10.9 Å². The van der Waals surface area contributed by atoms with Gasteiger partial charge in [0.15, 0.2) is 0 Å². The summed E-state index contributed by atoms with van der Waals surface area (Å²) in [7, 11) is -4.18. The Labute approximate surface area is 129 Å². The highest BCUT2D eigenvalue weighted by Crippen LogP contribution is 2.28. The third-order valence-corrected chi connectivity index (χ3v) is 4.94. The van der Waals surface area contributed by atoms with E-state index in [0.29, 0.717) is 0 Å². The molecule has 1 N–H and O–H groups in total. The topological polar surface area (TPSA) is 59.3 Å². The Balaban J connectivity index is 2.18. The van der Waals surface area contributed by atoms with Crippen molar-refractivity contribution in [2.75, 3.05) is 0 Å². The lowest BCUT2D eigenvalue weighted by molar-refractivity contribution is 0.483. The van der Waals surface area contributed by atoms with E-state index < -0.39 is 10.1 Å². The fourth-order valence-corrected chi connectivity index (χ4v) is 3.27. The van der Waals surface area contributed by atoms with E-state index in [0.717, 1.165) is 28.7 Å². The first-order valence-corrected chi connectivity index (χ1v) is 8.43. The van der Waals surface area contributed by atoms with Crippen molar-refractivity contribution >= 4 is 21.0 Å². The molecule has 3 rings (SSSR count). The molecule has 3 aromatic rings. The van der Waals surface area contributed by atoms with Crippen LogP contribution in [-0.2, 0) is 16.7 Å². The summed E-state index contributed by atoms with van der Waals surface area (Å²) in [5, 5.41) is 0.851. The Bertz CT molecular complexity index is 941. The van der Waals surface area contributed by atoms with Gasteiger partial charge in [0.2, 0.25) is 0 Å². The molecular weight excluding hydrogens is 298 g/mol. The number of aromatic nitrogens is 1. The molecule has 0 saturated heterocycles. The Morgan fingerprint density at radius 2 is 1.73 bits per heavy atom. The highest BCUT2D eigenvalue weighted by atomic mass is 32.2. The molecular formula is C17H17NO3S. The number of hydrogen-bond donors (Lipinski definition) is 1. The van der Waals surface area contributed by atoms with Crippen LogP contribution in [0.1, 0.15) is 16.8 Å². The van der Waals surface area contributed by atoms with Crippen LogP contribution in [0.4, 0.5) is 0 Å². The van der Waals surface area contributed by atoms with Gasteiger partial charge in [-0.15, -0.1) is 0 Å². The van der Waals surface area contributed by atoms with E-state index in [1.807, 2.05) is 32.0 Å². The van der Waals surface area contributed by atoms with Gasteiger partial charge in [0.1, 0.15) is 0 Å². The third kappa shape index (κ3) is 2.53. The molecule has 0 saturated carbocycles. The van der Waals surface area contributed by atoms with Crippen LogP contribution in [-0.4, -0.2) is 17.5 Å². The van der Waals surface area contributed by atoms with Crippen molar-refractivity contribution < 1.29 is 13.0 Å². The number of rotatable bonds is 3. The Morgan fingerprint density at radius 3 is 2.36 bits per heavy atom. The van der Waals surface area contributed by atoms with E-state index in [-0.39, 0.29) is 4.90 Å². The summed E-state index contributed by atoms with van der Waals surface area (Å²) in [6.45, 7) is 4.71. The highest BCUT2D eigenvalue weighted by Gasteiger charge is 2.15. The minimum atomic E-state index is -4.18. The van der Waals surface area contributed by atoms with Crippen LogP contribution in [0.3, 0.4) is 0 Å². The van der Waals surface area contributed by atoms with Crippen molar-refractivity contribution in [3.63, 3.8) is 0 Å². The fourth-order valence-electron chi connectivity index (χ4n) is 2.76. The van der Waals surface area contributed by atoms with E-state index in [4.69, 9.17) is 0 Å². The summed E-state index contributed by atoms with van der Waals surface area (Å²) in [5.41, 5.74) is 4.26. The standard InChI is InChI=1S/C17H17NO3S/c1-12-13(2)18(11-14-6-4-3-5-7-14)17-9-8-15(10-16(12)17)22(19,20)21/h3-10H,11H2,1-2H3,(H,19,20,21). The highest BCUT2D eigenvalue weighted by molar-refractivity contribution is 7.85.